The quantitative estimate of drug-likeness (QED) is 0.148. The van der Waals surface area contributed by atoms with E-state index >= 15 is 0 Å². The lowest BCUT2D eigenvalue weighted by atomic mass is 10.0. The topological polar surface area (TPSA) is 9.23 Å². The van der Waals surface area contributed by atoms with E-state index in [2.05, 4.69) is 11.3 Å². The van der Waals surface area contributed by atoms with E-state index in [1.807, 2.05) is 0 Å². The van der Waals surface area contributed by atoms with E-state index in [0.29, 0.717) is 30.3 Å². The zero-order valence-corrected chi connectivity index (χ0v) is 21.1. The third kappa shape index (κ3) is 6.40. The van der Waals surface area contributed by atoms with Crippen molar-refractivity contribution in [3.63, 3.8) is 0 Å². The molecular weight excluding hydrogens is 604 g/mol. The summed E-state index contributed by atoms with van der Waals surface area (Å²) in [6.45, 7) is 3.08. The van der Waals surface area contributed by atoms with Crippen LogP contribution in [-0.4, -0.2) is 0 Å². The lowest BCUT2D eigenvalue weighted by molar-refractivity contribution is -0.189. The fraction of sp³-hybridized carbons (Fsp3) is 0.0667. The van der Waals surface area contributed by atoms with Gasteiger partial charge in [0.15, 0.2) is 11.7 Å². The smallest absolute Gasteiger partial charge is 0.429 e. The van der Waals surface area contributed by atoms with Gasteiger partial charge in [-0.3, -0.25) is 0 Å². The number of hydrogen-bond donors (Lipinski definition) is 0. The summed E-state index contributed by atoms with van der Waals surface area (Å²) in [5.74, 6) is -12.7. The molecule has 0 unspecified atom stereocenters. The maximum atomic E-state index is 14.8. The summed E-state index contributed by atoms with van der Waals surface area (Å²) in [5, 5.41) is 0. The van der Waals surface area contributed by atoms with Crippen molar-refractivity contribution in [2.24, 2.45) is 0 Å². The van der Waals surface area contributed by atoms with Gasteiger partial charge in [0.2, 0.25) is 0 Å². The molecular formula is C30H14F12O. The summed E-state index contributed by atoms with van der Waals surface area (Å²) in [5.41, 5.74) is -5.94. The summed E-state index contributed by atoms with van der Waals surface area (Å²) < 4.78 is 172. The predicted octanol–water partition coefficient (Wildman–Crippen LogP) is 10.7. The van der Waals surface area contributed by atoms with Crippen LogP contribution in [0.1, 0.15) is 16.7 Å². The minimum Gasteiger partial charge on any atom is -0.429 e. The molecule has 0 bridgehead atoms. The Balaban J connectivity index is 1.61. The van der Waals surface area contributed by atoms with Gasteiger partial charge in [0.1, 0.15) is 46.0 Å². The predicted molar refractivity (Wildman–Crippen MR) is 132 cm³/mol. The minimum absolute atomic E-state index is 0.0398. The molecule has 0 radical (unpaired) electrons. The Bertz CT molecular complexity index is 1690. The Morgan fingerprint density at radius 1 is 0.605 bits per heavy atom. The highest BCUT2D eigenvalue weighted by molar-refractivity contribution is 5.70. The molecule has 0 amide bonds. The second-order valence-electron chi connectivity index (χ2n) is 8.83. The third-order valence-electron chi connectivity index (χ3n) is 6.02. The number of ether oxygens (including phenoxy) is 1. The van der Waals surface area contributed by atoms with E-state index in [4.69, 9.17) is 0 Å². The maximum Gasteiger partial charge on any atom is 0.432 e. The fourth-order valence-corrected chi connectivity index (χ4v) is 4.05. The summed E-state index contributed by atoms with van der Waals surface area (Å²) >= 11 is 0. The van der Waals surface area contributed by atoms with Gasteiger partial charge >= 0.3 is 12.3 Å². The van der Waals surface area contributed by atoms with E-state index in [1.54, 1.807) is 0 Å². The highest BCUT2D eigenvalue weighted by Crippen LogP contribution is 2.40. The molecule has 4 aromatic carbocycles. The minimum atomic E-state index is -5.38. The van der Waals surface area contributed by atoms with Gasteiger partial charge < -0.3 is 4.74 Å². The van der Waals surface area contributed by atoms with Crippen molar-refractivity contribution in [2.75, 3.05) is 0 Å². The molecule has 1 nitrogen and oxygen atoms in total. The number of allylic oxidation sites excluding steroid dienone is 2. The van der Waals surface area contributed by atoms with Crippen molar-refractivity contribution >= 4 is 5.83 Å². The van der Waals surface area contributed by atoms with Gasteiger partial charge in [-0.05, 0) is 59.2 Å². The molecule has 0 N–H and O–H groups in total. The molecule has 0 atom stereocenters. The highest BCUT2D eigenvalue weighted by Gasteiger charge is 2.42. The molecule has 0 saturated heterocycles. The SMILES string of the molecule is C=CC(F)=C(F)c1ccc(-c2cc(F)c(C(F)(F)Oc3ccc(-c4cc(F)c(C(F)(F)F)c(F)c4)c(F)c3)c(F)c2)cc1. The molecule has 0 aliphatic carbocycles. The number of halogens is 12. The molecule has 43 heavy (non-hydrogen) atoms. The molecule has 0 aliphatic heterocycles. The summed E-state index contributed by atoms with van der Waals surface area (Å²) in [6.07, 6.45) is -9.50. The first kappa shape index (κ1) is 31.3. The van der Waals surface area contributed by atoms with E-state index in [9.17, 15) is 52.7 Å². The fourth-order valence-electron chi connectivity index (χ4n) is 4.05. The van der Waals surface area contributed by atoms with Gasteiger partial charge in [-0.2, -0.15) is 22.0 Å². The molecule has 0 fully saturated rings. The highest BCUT2D eigenvalue weighted by atomic mass is 19.4. The third-order valence-corrected chi connectivity index (χ3v) is 6.02. The molecule has 4 aromatic rings. The summed E-state index contributed by atoms with van der Waals surface area (Å²) in [7, 11) is 0. The Labute approximate surface area is 235 Å². The van der Waals surface area contributed by atoms with Crippen molar-refractivity contribution in [1.82, 2.24) is 0 Å². The number of benzene rings is 4. The average Bonchev–Trinajstić information content (AvgIpc) is 2.90. The zero-order valence-electron chi connectivity index (χ0n) is 21.1. The standard InChI is InChI=1S/C30H14F12O/c1-2-20(31)28(37)15-5-3-14(4-6-15)16-9-24(35)27(25(36)10-16)30(41,42)43-18-7-8-19(21(32)13-18)17-11-22(33)26(23(34)12-17)29(38,39)40/h2-13H,1H2. The van der Waals surface area contributed by atoms with E-state index in [0.717, 1.165) is 24.3 Å². The lowest BCUT2D eigenvalue weighted by Crippen LogP contribution is -2.25. The largest absolute Gasteiger partial charge is 0.432 e. The van der Waals surface area contributed by atoms with Gasteiger partial charge in [-0.1, -0.05) is 30.8 Å². The van der Waals surface area contributed by atoms with Gasteiger partial charge in [0.05, 0.1) is 0 Å². The van der Waals surface area contributed by atoms with Crippen LogP contribution in [0.15, 0.2) is 85.2 Å². The Hall–Kier alpha value is -4.68. The monoisotopic (exact) mass is 618 g/mol. The van der Waals surface area contributed by atoms with Crippen LogP contribution in [0.3, 0.4) is 0 Å². The molecule has 0 saturated carbocycles. The number of hydrogen-bond acceptors (Lipinski definition) is 1. The normalized spacial score (nSPS) is 12.7. The number of rotatable bonds is 7. The first-order valence-corrected chi connectivity index (χ1v) is 11.7. The average molecular weight is 618 g/mol. The van der Waals surface area contributed by atoms with Crippen LogP contribution in [0, 0.1) is 29.1 Å². The van der Waals surface area contributed by atoms with Crippen LogP contribution < -0.4 is 4.74 Å². The molecule has 0 heterocycles. The van der Waals surface area contributed by atoms with Gasteiger partial charge in [-0.25, -0.2) is 30.7 Å². The van der Waals surface area contributed by atoms with Crippen molar-refractivity contribution in [1.29, 1.82) is 0 Å². The second kappa shape index (κ2) is 11.5. The molecule has 0 aliphatic rings. The van der Waals surface area contributed by atoms with Gasteiger partial charge in [-0.15, -0.1) is 0 Å². The van der Waals surface area contributed by atoms with Crippen molar-refractivity contribution < 1.29 is 57.4 Å². The molecule has 0 aromatic heterocycles. The second-order valence-corrected chi connectivity index (χ2v) is 8.83. The van der Waals surface area contributed by atoms with Gasteiger partial charge in [0.25, 0.3) is 0 Å². The van der Waals surface area contributed by atoms with Gasteiger partial charge in [0, 0.05) is 17.2 Å². The van der Waals surface area contributed by atoms with Crippen LogP contribution in [0.25, 0.3) is 28.1 Å². The van der Waals surface area contributed by atoms with Crippen molar-refractivity contribution in [3.05, 3.63) is 131 Å². The first-order chi connectivity index (χ1) is 20.0. The van der Waals surface area contributed by atoms with Crippen molar-refractivity contribution in [2.45, 2.75) is 12.3 Å². The molecule has 0 spiro atoms. The van der Waals surface area contributed by atoms with Crippen molar-refractivity contribution in [3.8, 4) is 28.0 Å². The lowest BCUT2D eigenvalue weighted by Gasteiger charge is -2.20. The Morgan fingerprint density at radius 3 is 1.60 bits per heavy atom. The van der Waals surface area contributed by atoms with Crippen LogP contribution >= 0.6 is 0 Å². The zero-order chi connectivity index (χ0) is 31.9. The summed E-state index contributed by atoms with van der Waals surface area (Å²) in [4.78, 5) is 0. The Kier molecular flexibility index (Phi) is 8.39. The van der Waals surface area contributed by atoms with E-state index < -0.39 is 81.0 Å². The van der Waals surface area contributed by atoms with Crippen LogP contribution in [0.2, 0.25) is 0 Å². The Morgan fingerprint density at radius 2 is 1.12 bits per heavy atom. The molecule has 224 valence electrons. The molecule has 13 heteroatoms. The first-order valence-electron chi connectivity index (χ1n) is 11.7. The van der Waals surface area contributed by atoms with Crippen LogP contribution in [0.4, 0.5) is 52.7 Å². The summed E-state index contributed by atoms with van der Waals surface area (Å²) in [6, 6.07) is 7.39. The van der Waals surface area contributed by atoms with Crippen LogP contribution in [0.5, 0.6) is 5.75 Å². The maximum absolute atomic E-state index is 14.8. The number of alkyl halides is 5. The van der Waals surface area contributed by atoms with E-state index in [-0.39, 0.29) is 34.9 Å². The molecule has 4 rings (SSSR count). The van der Waals surface area contributed by atoms with E-state index in [1.165, 1.54) is 0 Å². The van der Waals surface area contributed by atoms with Crippen LogP contribution in [-0.2, 0) is 12.3 Å².